The molecule has 8 heteroatoms. The highest BCUT2D eigenvalue weighted by Crippen LogP contribution is 2.13. The van der Waals surface area contributed by atoms with E-state index in [0.717, 1.165) is 24.0 Å². The number of hydrogen-bond acceptors (Lipinski definition) is 3. The number of aromatic nitrogens is 2. The molecule has 1 N–H and O–H groups in total. The molecule has 1 aliphatic heterocycles. The van der Waals surface area contributed by atoms with Crippen molar-refractivity contribution in [3.63, 3.8) is 0 Å². The number of para-hydroxylation sites is 2. The SMILES string of the molecule is O=C(NCCCn1cnc2ccccc21)N1CCN(C(=O)c2ccccc2F)CC1. The average molecular weight is 409 g/mol. The van der Waals surface area contributed by atoms with E-state index in [9.17, 15) is 14.0 Å². The zero-order valence-corrected chi connectivity index (χ0v) is 16.6. The van der Waals surface area contributed by atoms with Gasteiger partial charge in [-0.25, -0.2) is 14.2 Å². The molecule has 4 rings (SSSR count). The van der Waals surface area contributed by atoms with Gasteiger partial charge >= 0.3 is 6.03 Å². The third-order valence-electron chi connectivity index (χ3n) is 5.34. The molecule has 1 fully saturated rings. The molecular weight excluding hydrogens is 385 g/mol. The van der Waals surface area contributed by atoms with Gasteiger partial charge in [-0.1, -0.05) is 24.3 Å². The number of nitrogens with one attached hydrogen (secondary N) is 1. The normalized spacial score (nSPS) is 14.2. The summed E-state index contributed by atoms with van der Waals surface area (Å²) in [6.45, 7) is 2.96. The number of halogens is 1. The highest BCUT2D eigenvalue weighted by molar-refractivity contribution is 5.94. The number of piperazine rings is 1. The molecule has 0 unspecified atom stereocenters. The van der Waals surface area contributed by atoms with Crippen LogP contribution in [0.2, 0.25) is 0 Å². The van der Waals surface area contributed by atoms with Gasteiger partial charge in [-0.2, -0.15) is 0 Å². The summed E-state index contributed by atoms with van der Waals surface area (Å²) in [5.74, 6) is -0.853. The van der Waals surface area contributed by atoms with E-state index < -0.39 is 5.82 Å². The lowest BCUT2D eigenvalue weighted by atomic mass is 10.1. The first-order valence-electron chi connectivity index (χ1n) is 10.1. The summed E-state index contributed by atoms with van der Waals surface area (Å²) >= 11 is 0. The van der Waals surface area contributed by atoms with Gasteiger partial charge in [0.25, 0.3) is 5.91 Å². The number of rotatable bonds is 5. The minimum atomic E-state index is -0.520. The predicted molar refractivity (Wildman–Crippen MR) is 112 cm³/mol. The van der Waals surface area contributed by atoms with Crippen LogP contribution in [-0.4, -0.2) is 64.0 Å². The van der Waals surface area contributed by atoms with Crippen LogP contribution in [0.1, 0.15) is 16.8 Å². The van der Waals surface area contributed by atoms with Crippen molar-refractivity contribution in [2.24, 2.45) is 0 Å². The molecule has 0 spiro atoms. The van der Waals surface area contributed by atoms with Crippen molar-refractivity contribution in [2.75, 3.05) is 32.7 Å². The molecule has 0 aliphatic carbocycles. The number of hydrogen-bond donors (Lipinski definition) is 1. The number of amides is 3. The van der Waals surface area contributed by atoms with Crippen LogP contribution in [0.4, 0.5) is 9.18 Å². The van der Waals surface area contributed by atoms with E-state index in [-0.39, 0.29) is 17.5 Å². The molecule has 0 saturated carbocycles. The topological polar surface area (TPSA) is 70.5 Å². The van der Waals surface area contributed by atoms with E-state index in [2.05, 4.69) is 14.9 Å². The fraction of sp³-hybridized carbons (Fsp3) is 0.318. The average Bonchev–Trinajstić information content (AvgIpc) is 3.20. The number of nitrogens with zero attached hydrogens (tertiary/aromatic N) is 4. The number of carbonyl (C=O) groups excluding carboxylic acids is 2. The van der Waals surface area contributed by atoms with E-state index in [1.54, 1.807) is 21.9 Å². The Bertz CT molecular complexity index is 1040. The van der Waals surface area contributed by atoms with Crippen molar-refractivity contribution in [3.8, 4) is 0 Å². The predicted octanol–water partition coefficient (Wildman–Crippen LogP) is 2.73. The van der Waals surface area contributed by atoms with Gasteiger partial charge in [0, 0.05) is 39.3 Å². The first-order chi connectivity index (χ1) is 14.6. The first kappa shape index (κ1) is 19.9. The van der Waals surface area contributed by atoms with Crippen LogP contribution < -0.4 is 5.32 Å². The summed E-state index contributed by atoms with van der Waals surface area (Å²) in [7, 11) is 0. The molecule has 156 valence electrons. The molecule has 0 bridgehead atoms. The largest absolute Gasteiger partial charge is 0.338 e. The molecule has 0 radical (unpaired) electrons. The second-order valence-corrected chi connectivity index (χ2v) is 7.27. The Balaban J connectivity index is 1.21. The van der Waals surface area contributed by atoms with Crippen LogP contribution in [-0.2, 0) is 6.54 Å². The Morgan fingerprint density at radius 3 is 2.47 bits per heavy atom. The van der Waals surface area contributed by atoms with Crippen molar-refractivity contribution in [1.82, 2.24) is 24.7 Å². The summed E-state index contributed by atoms with van der Waals surface area (Å²) in [6.07, 6.45) is 2.61. The number of carbonyl (C=O) groups is 2. The maximum absolute atomic E-state index is 13.8. The number of fused-ring (bicyclic) bond motifs is 1. The van der Waals surface area contributed by atoms with E-state index in [4.69, 9.17) is 0 Å². The van der Waals surface area contributed by atoms with Crippen molar-refractivity contribution in [1.29, 1.82) is 0 Å². The smallest absolute Gasteiger partial charge is 0.317 e. The maximum atomic E-state index is 13.8. The standard InChI is InChI=1S/C22H24FN5O2/c23-18-7-2-1-6-17(18)21(29)26-12-14-27(15-13-26)22(30)24-10-5-11-28-16-25-19-8-3-4-9-20(19)28/h1-4,6-9,16H,5,10-15H2,(H,24,30). The van der Waals surface area contributed by atoms with Crippen LogP contribution in [0.15, 0.2) is 54.9 Å². The fourth-order valence-electron chi connectivity index (χ4n) is 3.66. The van der Waals surface area contributed by atoms with E-state index >= 15 is 0 Å². The zero-order valence-electron chi connectivity index (χ0n) is 16.6. The molecule has 3 amide bonds. The summed E-state index contributed by atoms with van der Waals surface area (Å²) in [6, 6.07) is 13.8. The Morgan fingerprint density at radius 2 is 1.67 bits per heavy atom. The van der Waals surface area contributed by atoms with E-state index in [1.807, 2.05) is 30.6 Å². The Kier molecular flexibility index (Phi) is 5.92. The fourth-order valence-corrected chi connectivity index (χ4v) is 3.66. The minimum absolute atomic E-state index is 0.0717. The van der Waals surface area contributed by atoms with Crippen molar-refractivity contribution >= 4 is 23.0 Å². The minimum Gasteiger partial charge on any atom is -0.338 e. The quantitative estimate of drug-likeness (QED) is 0.659. The van der Waals surface area contributed by atoms with Gasteiger partial charge in [0.2, 0.25) is 0 Å². The first-order valence-corrected chi connectivity index (χ1v) is 10.1. The molecular formula is C22H24FN5O2. The van der Waals surface area contributed by atoms with Gasteiger partial charge in [-0.3, -0.25) is 4.79 Å². The summed E-state index contributed by atoms with van der Waals surface area (Å²) in [5.41, 5.74) is 2.12. The van der Waals surface area contributed by atoms with Gasteiger partial charge in [-0.05, 0) is 30.7 Å². The van der Waals surface area contributed by atoms with Crippen LogP contribution >= 0.6 is 0 Å². The molecule has 3 aromatic rings. The van der Waals surface area contributed by atoms with Crippen LogP contribution in [0, 0.1) is 5.82 Å². The van der Waals surface area contributed by atoms with Crippen molar-refractivity contribution in [3.05, 3.63) is 66.2 Å². The van der Waals surface area contributed by atoms with Gasteiger partial charge in [-0.15, -0.1) is 0 Å². The second-order valence-electron chi connectivity index (χ2n) is 7.27. The highest BCUT2D eigenvalue weighted by Gasteiger charge is 2.25. The van der Waals surface area contributed by atoms with Gasteiger partial charge < -0.3 is 19.7 Å². The van der Waals surface area contributed by atoms with Crippen LogP contribution in [0.5, 0.6) is 0 Å². The monoisotopic (exact) mass is 409 g/mol. The lowest BCUT2D eigenvalue weighted by molar-refractivity contribution is 0.0660. The van der Waals surface area contributed by atoms with Crippen LogP contribution in [0.3, 0.4) is 0 Å². The third-order valence-corrected chi connectivity index (χ3v) is 5.34. The van der Waals surface area contributed by atoms with Gasteiger partial charge in [0.15, 0.2) is 0 Å². The molecule has 30 heavy (non-hydrogen) atoms. The Hall–Kier alpha value is -3.42. The molecule has 1 saturated heterocycles. The van der Waals surface area contributed by atoms with E-state index in [1.165, 1.54) is 12.1 Å². The molecule has 1 aliphatic rings. The molecule has 7 nitrogen and oxygen atoms in total. The Labute approximate surface area is 174 Å². The maximum Gasteiger partial charge on any atom is 0.317 e. The molecule has 2 heterocycles. The summed E-state index contributed by atoms with van der Waals surface area (Å²) in [5, 5.41) is 2.94. The second kappa shape index (κ2) is 8.94. The molecule has 2 aromatic carbocycles. The molecule has 1 aromatic heterocycles. The summed E-state index contributed by atoms with van der Waals surface area (Å²) < 4.78 is 15.9. The van der Waals surface area contributed by atoms with E-state index in [0.29, 0.717) is 32.7 Å². The van der Waals surface area contributed by atoms with Crippen LogP contribution in [0.25, 0.3) is 11.0 Å². The number of benzene rings is 2. The lowest BCUT2D eigenvalue weighted by Gasteiger charge is -2.34. The molecule has 0 atom stereocenters. The highest BCUT2D eigenvalue weighted by atomic mass is 19.1. The zero-order chi connectivity index (χ0) is 20.9. The number of aryl methyl sites for hydroxylation is 1. The number of imidazole rings is 1. The van der Waals surface area contributed by atoms with Gasteiger partial charge in [0.05, 0.1) is 22.9 Å². The lowest BCUT2D eigenvalue weighted by Crippen LogP contribution is -2.53. The van der Waals surface area contributed by atoms with Crippen molar-refractivity contribution < 1.29 is 14.0 Å². The third kappa shape index (κ3) is 4.27. The Morgan fingerprint density at radius 1 is 0.967 bits per heavy atom. The van der Waals surface area contributed by atoms with Crippen molar-refractivity contribution in [2.45, 2.75) is 13.0 Å². The van der Waals surface area contributed by atoms with Gasteiger partial charge in [0.1, 0.15) is 5.82 Å². The number of urea groups is 1. The summed E-state index contributed by atoms with van der Waals surface area (Å²) in [4.78, 5) is 32.5.